The SMILES string of the molecule is CN(C)CCSn1nnnc1[S]. The minimum Gasteiger partial charge on any atom is -0.309 e. The molecule has 0 bridgehead atoms. The number of rotatable bonds is 4. The quantitative estimate of drug-likeness (QED) is 0.705. The topological polar surface area (TPSA) is 46.8 Å². The van der Waals surface area contributed by atoms with Gasteiger partial charge < -0.3 is 4.90 Å². The van der Waals surface area contributed by atoms with Crippen LogP contribution in [0.15, 0.2) is 5.16 Å². The highest BCUT2D eigenvalue weighted by Crippen LogP contribution is 2.08. The van der Waals surface area contributed by atoms with Crippen molar-refractivity contribution in [2.45, 2.75) is 5.16 Å². The van der Waals surface area contributed by atoms with Gasteiger partial charge in [-0.05, 0) is 49.1 Å². The Morgan fingerprint density at radius 3 is 2.83 bits per heavy atom. The summed E-state index contributed by atoms with van der Waals surface area (Å²) in [6.45, 7) is 0.985. The molecule has 1 radical (unpaired) electrons. The molecule has 0 amide bonds. The summed E-state index contributed by atoms with van der Waals surface area (Å²) in [5.41, 5.74) is 0. The molecule has 0 spiro atoms. The summed E-state index contributed by atoms with van der Waals surface area (Å²) in [5.74, 6) is 0.932. The second kappa shape index (κ2) is 4.58. The summed E-state index contributed by atoms with van der Waals surface area (Å²) in [5, 5.41) is 11.2. The molecule has 0 unspecified atom stereocenters. The lowest BCUT2D eigenvalue weighted by atomic mass is 10.7. The predicted octanol–water partition coefficient (Wildman–Crippen LogP) is 0.287. The van der Waals surface area contributed by atoms with Crippen LogP contribution in [0.25, 0.3) is 0 Å². The Hall–Kier alpha value is -0.400. The number of hydrogen-bond donors (Lipinski definition) is 0. The van der Waals surface area contributed by atoms with Crippen LogP contribution in [0.3, 0.4) is 0 Å². The minimum absolute atomic E-state index is 0.429. The van der Waals surface area contributed by atoms with Crippen LogP contribution in [0.2, 0.25) is 0 Å². The lowest BCUT2D eigenvalue weighted by Crippen LogP contribution is -2.15. The fourth-order valence-corrected chi connectivity index (χ4v) is 1.64. The molecule has 67 valence electrons. The molecule has 5 nitrogen and oxygen atoms in total. The van der Waals surface area contributed by atoms with Crippen LogP contribution >= 0.6 is 24.6 Å². The normalized spacial score (nSPS) is 10.9. The van der Waals surface area contributed by atoms with Gasteiger partial charge in [0.25, 0.3) is 5.16 Å². The average molecular weight is 204 g/mol. The van der Waals surface area contributed by atoms with Crippen LogP contribution in [0, 0.1) is 0 Å². The highest BCUT2D eigenvalue weighted by Gasteiger charge is 2.01. The minimum atomic E-state index is 0.429. The van der Waals surface area contributed by atoms with Crippen molar-refractivity contribution in [3.8, 4) is 0 Å². The zero-order valence-corrected chi connectivity index (χ0v) is 8.60. The molecule has 7 heteroatoms. The van der Waals surface area contributed by atoms with Gasteiger partial charge in [-0.3, -0.25) is 0 Å². The number of nitrogens with zero attached hydrogens (tertiary/aromatic N) is 5. The van der Waals surface area contributed by atoms with Crippen molar-refractivity contribution < 1.29 is 0 Å². The molecule has 12 heavy (non-hydrogen) atoms. The molecular formula is C5H10N5S2. The summed E-state index contributed by atoms with van der Waals surface area (Å²) < 4.78 is 1.55. The Bertz CT molecular complexity index is 235. The maximum atomic E-state index is 4.86. The van der Waals surface area contributed by atoms with E-state index in [9.17, 15) is 0 Å². The van der Waals surface area contributed by atoms with E-state index >= 15 is 0 Å². The van der Waals surface area contributed by atoms with E-state index < -0.39 is 0 Å². The maximum Gasteiger partial charge on any atom is 0.250 e. The van der Waals surface area contributed by atoms with Crippen molar-refractivity contribution in [2.75, 3.05) is 26.4 Å². The van der Waals surface area contributed by atoms with E-state index in [2.05, 4.69) is 20.4 Å². The van der Waals surface area contributed by atoms with E-state index in [0.29, 0.717) is 5.16 Å². The molecular weight excluding hydrogens is 194 g/mol. The van der Waals surface area contributed by atoms with Crippen LogP contribution < -0.4 is 0 Å². The van der Waals surface area contributed by atoms with Crippen molar-refractivity contribution in [1.29, 1.82) is 0 Å². The Balaban J connectivity index is 2.29. The molecule has 1 aromatic rings. The smallest absolute Gasteiger partial charge is 0.250 e. The molecule has 0 atom stereocenters. The summed E-state index contributed by atoms with van der Waals surface area (Å²) in [7, 11) is 4.05. The summed E-state index contributed by atoms with van der Waals surface area (Å²) in [6.07, 6.45) is 0. The van der Waals surface area contributed by atoms with E-state index in [1.807, 2.05) is 14.1 Å². The first kappa shape index (κ1) is 9.69. The molecule has 0 N–H and O–H groups in total. The molecule has 0 aromatic carbocycles. The summed E-state index contributed by atoms with van der Waals surface area (Å²) in [4.78, 5) is 2.10. The highest BCUT2D eigenvalue weighted by molar-refractivity contribution is 7.98. The monoisotopic (exact) mass is 204 g/mol. The largest absolute Gasteiger partial charge is 0.309 e. The second-order valence-electron chi connectivity index (χ2n) is 2.47. The second-order valence-corrected chi connectivity index (χ2v) is 3.85. The standard InChI is InChI=1S/C5H10N5S2/c1-9(2)3-4-12-10-5(11)6-7-8-10/h3-4H2,1-2H3. The fraction of sp³-hybridized carbons (Fsp3) is 0.800. The van der Waals surface area contributed by atoms with Gasteiger partial charge in [0.2, 0.25) is 0 Å². The number of aromatic nitrogens is 4. The van der Waals surface area contributed by atoms with E-state index in [4.69, 9.17) is 12.6 Å². The Labute approximate surface area is 81.0 Å². The summed E-state index contributed by atoms with van der Waals surface area (Å²) >= 11 is 6.37. The highest BCUT2D eigenvalue weighted by atomic mass is 32.2. The van der Waals surface area contributed by atoms with Crippen LogP contribution in [0.5, 0.6) is 0 Å². The van der Waals surface area contributed by atoms with Crippen molar-refractivity contribution in [3.05, 3.63) is 0 Å². The van der Waals surface area contributed by atoms with Crippen LogP contribution in [-0.4, -0.2) is 50.9 Å². The third-order valence-corrected chi connectivity index (χ3v) is 2.39. The third-order valence-electron chi connectivity index (χ3n) is 1.17. The molecule has 0 saturated carbocycles. The van der Waals surface area contributed by atoms with Gasteiger partial charge in [0, 0.05) is 12.3 Å². The molecule has 1 aromatic heterocycles. The average Bonchev–Trinajstić information content (AvgIpc) is 2.36. The molecule has 0 saturated heterocycles. The van der Waals surface area contributed by atoms with E-state index in [-0.39, 0.29) is 0 Å². The predicted molar refractivity (Wildman–Crippen MR) is 50.1 cm³/mol. The molecule has 0 aliphatic rings. The molecule has 0 aliphatic carbocycles. The van der Waals surface area contributed by atoms with Gasteiger partial charge in [0.05, 0.1) is 0 Å². The van der Waals surface area contributed by atoms with Gasteiger partial charge in [-0.15, -0.1) is 0 Å². The van der Waals surface area contributed by atoms with E-state index in [1.54, 1.807) is 4.09 Å². The maximum absolute atomic E-state index is 4.86. The third kappa shape index (κ3) is 2.92. The first-order chi connectivity index (χ1) is 5.70. The molecule has 0 fully saturated rings. The van der Waals surface area contributed by atoms with Crippen molar-refractivity contribution in [2.24, 2.45) is 0 Å². The van der Waals surface area contributed by atoms with Gasteiger partial charge in [-0.25, -0.2) is 0 Å². The lowest BCUT2D eigenvalue weighted by Gasteiger charge is -2.07. The Morgan fingerprint density at radius 1 is 1.58 bits per heavy atom. The van der Waals surface area contributed by atoms with Gasteiger partial charge in [-0.1, -0.05) is 5.10 Å². The van der Waals surface area contributed by atoms with Crippen molar-refractivity contribution in [1.82, 2.24) is 24.5 Å². The van der Waals surface area contributed by atoms with Gasteiger partial charge in [0.1, 0.15) is 0 Å². The van der Waals surface area contributed by atoms with Crippen molar-refractivity contribution in [3.63, 3.8) is 0 Å². The van der Waals surface area contributed by atoms with Gasteiger partial charge >= 0.3 is 0 Å². The Morgan fingerprint density at radius 2 is 2.33 bits per heavy atom. The van der Waals surface area contributed by atoms with Gasteiger partial charge in [0.15, 0.2) is 0 Å². The van der Waals surface area contributed by atoms with Crippen LogP contribution in [-0.2, 0) is 0 Å². The number of hydrogen-bond acceptors (Lipinski definition) is 5. The van der Waals surface area contributed by atoms with Crippen LogP contribution in [0.4, 0.5) is 0 Å². The van der Waals surface area contributed by atoms with Gasteiger partial charge in [-0.2, -0.15) is 4.09 Å². The molecule has 1 rings (SSSR count). The van der Waals surface area contributed by atoms with E-state index in [1.165, 1.54) is 11.9 Å². The van der Waals surface area contributed by atoms with Crippen molar-refractivity contribution >= 4 is 24.6 Å². The number of tetrazole rings is 1. The molecule has 1 heterocycles. The van der Waals surface area contributed by atoms with E-state index in [0.717, 1.165) is 12.3 Å². The fourth-order valence-electron chi connectivity index (χ4n) is 0.562. The Kier molecular flexibility index (Phi) is 3.70. The molecule has 0 aliphatic heterocycles. The van der Waals surface area contributed by atoms with Crippen LogP contribution in [0.1, 0.15) is 0 Å². The first-order valence-electron chi connectivity index (χ1n) is 3.43. The lowest BCUT2D eigenvalue weighted by molar-refractivity contribution is 0.437. The first-order valence-corrected chi connectivity index (χ1v) is 4.78. The zero-order valence-electron chi connectivity index (χ0n) is 6.97. The summed E-state index contributed by atoms with van der Waals surface area (Å²) in [6, 6.07) is 0. The zero-order chi connectivity index (χ0) is 8.97.